The Hall–Kier alpha value is -6.13. The number of aryl methyl sites for hydroxylation is 2. The van der Waals surface area contributed by atoms with Gasteiger partial charge in [-0.2, -0.15) is 0 Å². The molecular weight excluding hydrogens is 574 g/mol. The van der Waals surface area contributed by atoms with Gasteiger partial charge >= 0.3 is 0 Å². The Balaban J connectivity index is 1.29. The highest BCUT2D eigenvalue weighted by atomic mass is 16.3. The number of rotatable bonds is 4. The Morgan fingerprint density at radius 2 is 1.19 bits per heavy atom. The third kappa shape index (κ3) is 4.65. The minimum Gasteiger partial charge on any atom is -0.454 e. The van der Waals surface area contributed by atoms with E-state index in [1.54, 1.807) is 6.20 Å². The van der Waals surface area contributed by atoms with E-state index >= 15 is 0 Å². The van der Waals surface area contributed by atoms with Crippen molar-refractivity contribution < 1.29 is 4.42 Å². The van der Waals surface area contributed by atoms with Crippen molar-refractivity contribution in [2.45, 2.75) is 13.8 Å². The van der Waals surface area contributed by atoms with E-state index in [9.17, 15) is 0 Å². The van der Waals surface area contributed by atoms with Gasteiger partial charge in [0.2, 0.25) is 0 Å². The molecule has 0 spiro atoms. The third-order valence-electron chi connectivity index (χ3n) is 9.06. The molecule has 3 heterocycles. The predicted octanol–water partition coefficient (Wildman–Crippen LogP) is 11.4. The highest BCUT2D eigenvalue weighted by Gasteiger charge is 2.18. The molecule has 0 saturated heterocycles. The van der Waals surface area contributed by atoms with Crippen LogP contribution in [-0.2, 0) is 0 Å². The number of nitrogens with zero attached hydrogens (tertiary/aromatic N) is 3. The maximum absolute atomic E-state index is 6.42. The fraction of sp³-hybridized carbons (Fsp3) is 0.0465. The smallest absolute Gasteiger partial charge is 0.160 e. The Bertz CT molecular complexity index is 2580. The molecule has 4 nitrogen and oxygen atoms in total. The maximum atomic E-state index is 6.42. The number of hydrogen-bond donors (Lipinski definition) is 0. The van der Waals surface area contributed by atoms with Crippen molar-refractivity contribution in [3.05, 3.63) is 151 Å². The molecule has 9 aromatic rings. The summed E-state index contributed by atoms with van der Waals surface area (Å²) in [6.07, 6.45) is 3.69. The van der Waals surface area contributed by atoms with Crippen LogP contribution in [-0.4, -0.2) is 15.0 Å². The molecule has 4 heteroatoms. The summed E-state index contributed by atoms with van der Waals surface area (Å²) >= 11 is 0. The lowest BCUT2D eigenvalue weighted by atomic mass is 9.91. The molecule has 0 atom stereocenters. The minimum atomic E-state index is 0.667. The van der Waals surface area contributed by atoms with Gasteiger partial charge in [-0.3, -0.25) is 4.98 Å². The Labute approximate surface area is 272 Å². The fourth-order valence-corrected chi connectivity index (χ4v) is 6.77. The molecule has 0 aliphatic carbocycles. The first-order valence-electron chi connectivity index (χ1n) is 15.8. The SMILES string of the molecule is Cc1ccc2cc(-c3ccc4oc5cncc(-c6cc(-c7ccccc7)nc(-c7ccccc7)n6)c5c4c3)c3ccc(C)cc3c2c1. The summed E-state index contributed by atoms with van der Waals surface area (Å²) in [4.78, 5) is 14.7. The van der Waals surface area contributed by atoms with Crippen LogP contribution in [0.15, 0.2) is 144 Å². The van der Waals surface area contributed by atoms with Gasteiger partial charge in [-0.25, -0.2) is 9.97 Å². The maximum Gasteiger partial charge on any atom is 0.160 e. The molecule has 0 fully saturated rings. The van der Waals surface area contributed by atoms with Crippen LogP contribution in [0.2, 0.25) is 0 Å². The van der Waals surface area contributed by atoms with Crippen molar-refractivity contribution in [3.8, 4) is 45.0 Å². The lowest BCUT2D eigenvalue weighted by Crippen LogP contribution is -1.96. The molecule has 0 bridgehead atoms. The summed E-state index contributed by atoms with van der Waals surface area (Å²) in [7, 11) is 0. The zero-order valence-electron chi connectivity index (χ0n) is 26.0. The number of pyridine rings is 1. The van der Waals surface area contributed by atoms with Crippen molar-refractivity contribution in [2.75, 3.05) is 0 Å². The van der Waals surface area contributed by atoms with E-state index in [1.807, 2.05) is 54.7 Å². The van der Waals surface area contributed by atoms with Gasteiger partial charge in [0, 0.05) is 33.7 Å². The van der Waals surface area contributed by atoms with Gasteiger partial charge in [0.25, 0.3) is 0 Å². The van der Waals surface area contributed by atoms with Crippen LogP contribution in [0.1, 0.15) is 11.1 Å². The first kappa shape index (κ1) is 27.2. The number of furan rings is 1. The molecule has 9 rings (SSSR count). The summed E-state index contributed by atoms with van der Waals surface area (Å²) in [6.45, 7) is 4.31. The van der Waals surface area contributed by atoms with Crippen LogP contribution in [0.4, 0.5) is 0 Å². The molecule has 0 radical (unpaired) electrons. The van der Waals surface area contributed by atoms with Gasteiger partial charge < -0.3 is 4.42 Å². The molecule has 6 aromatic carbocycles. The predicted molar refractivity (Wildman–Crippen MR) is 193 cm³/mol. The van der Waals surface area contributed by atoms with E-state index < -0.39 is 0 Å². The fourth-order valence-electron chi connectivity index (χ4n) is 6.77. The molecule has 0 aliphatic heterocycles. The van der Waals surface area contributed by atoms with Gasteiger partial charge in [-0.1, -0.05) is 114 Å². The van der Waals surface area contributed by atoms with Crippen molar-refractivity contribution >= 4 is 43.5 Å². The van der Waals surface area contributed by atoms with Crippen molar-refractivity contribution in [1.29, 1.82) is 0 Å². The van der Waals surface area contributed by atoms with Crippen LogP contribution in [0.5, 0.6) is 0 Å². The van der Waals surface area contributed by atoms with Crippen LogP contribution in [0.3, 0.4) is 0 Å². The van der Waals surface area contributed by atoms with Gasteiger partial charge in [-0.05, 0) is 70.8 Å². The highest BCUT2D eigenvalue weighted by molar-refractivity contribution is 6.16. The monoisotopic (exact) mass is 603 g/mol. The van der Waals surface area contributed by atoms with E-state index in [1.165, 1.54) is 38.2 Å². The molecule has 0 aliphatic rings. The lowest BCUT2D eigenvalue weighted by molar-refractivity contribution is 0.667. The molecule has 47 heavy (non-hydrogen) atoms. The summed E-state index contributed by atoms with van der Waals surface area (Å²) in [6, 6.07) is 44.7. The average molecular weight is 604 g/mol. The number of fused-ring (bicyclic) bond motifs is 6. The highest BCUT2D eigenvalue weighted by Crippen LogP contribution is 2.41. The number of benzene rings is 6. The average Bonchev–Trinajstić information content (AvgIpc) is 3.50. The summed E-state index contributed by atoms with van der Waals surface area (Å²) in [5.41, 5.74) is 10.9. The zero-order chi connectivity index (χ0) is 31.5. The second-order valence-electron chi connectivity index (χ2n) is 12.3. The zero-order valence-corrected chi connectivity index (χ0v) is 26.0. The quantitative estimate of drug-likeness (QED) is 0.188. The lowest BCUT2D eigenvalue weighted by Gasteiger charge is -2.13. The van der Waals surface area contributed by atoms with Crippen LogP contribution in [0.25, 0.3) is 88.5 Å². The van der Waals surface area contributed by atoms with Gasteiger partial charge in [-0.15, -0.1) is 0 Å². The summed E-state index contributed by atoms with van der Waals surface area (Å²) in [5, 5.41) is 7.03. The summed E-state index contributed by atoms with van der Waals surface area (Å²) in [5.74, 6) is 0.667. The molecular formula is C43H29N3O. The van der Waals surface area contributed by atoms with Gasteiger partial charge in [0.1, 0.15) is 5.58 Å². The minimum absolute atomic E-state index is 0.667. The normalized spacial score (nSPS) is 11.6. The van der Waals surface area contributed by atoms with E-state index in [4.69, 9.17) is 14.4 Å². The van der Waals surface area contributed by atoms with Crippen molar-refractivity contribution in [3.63, 3.8) is 0 Å². The second-order valence-corrected chi connectivity index (χ2v) is 12.3. The molecule has 0 unspecified atom stereocenters. The molecule has 0 N–H and O–H groups in total. The second kappa shape index (κ2) is 10.7. The third-order valence-corrected chi connectivity index (χ3v) is 9.06. The van der Waals surface area contributed by atoms with E-state index in [2.05, 4.69) is 97.7 Å². The van der Waals surface area contributed by atoms with Crippen molar-refractivity contribution in [1.82, 2.24) is 15.0 Å². The van der Waals surface area contributed by atoms with Gasteiger partial charge in [0.05, 0.1) is 17.6 Å². The Morgan fingerprint density at radius 1 is 0.468 bits per heavy atom. The number of hydrogen-bond acceptors (Lipinski definition) is 4. The summed E-state index contributed by atoms with van der Waals surface area (Å²) < 4.78 is 6.42. The van der Waals surface area contributed by atoms with Crippen molar-refractivity contribution in [2.24, 2.45) is 0 Å². The Kier molecular flexibility index (Phi) is 6.22. The van der Waals surface area contributed by atoms with Crippen LogP contribution in [0, 0.1) is 13.8 Å². The first-order valence-corrected chi connectivity index (χ1v) is 15.8. The molecule has 222 valence electrons. The standard InChI is InChI=1S/C43H29N3O/c1-26-13-15-30-21-34(32-17-14-27(2)20-35(32)33(30)19-26)31-16-18-40-36(22-31)42-37(24-44-25-41(42)47-40)39-23-38(28-9-5-3-6-10-28)45-43(46-39)29-11-7-4-8-12-29/h3-25H,1-2H3. The van der Waals surface area contributed by atoms with Crippen LogP contribution < -0.4 is 0 Å². The van der Waals surface area contributed by atoms with E-state index in [0.29, 0.717) is 5.82 Å². The van der Waals surface area contributed by atoms with Gasteiger partial charge in [0.15, 0.2) is 11.4 Å². The van der Waals surface area contributed by atoms with E-state index in [0.717, 1.165) is 55.6 Å². The topological polar surface area (TPSA) is 51.8 Å². The largest absolute Gasteiger partial charge is 0.454 e. The number of aromatic nitrogens is 3. The van der Waals surface area contributed by atoms with Crippen LogP contribution >= 0.6 is 0 Å². The molecule has 0 amide bonds. The molecule has 3 aromatic heterocycles. The van der Waals surface area contributed by atoms with E-state index in [-0.39, 0.29) is 0 Å². The first-order chi connectivity index (χ1) is 23.1. The Morgan fingerprint density at radius 3 is 2.00 bits per heavy atom. The molecule has 0 saturated carbocycles.